The lowest BCUT2D eigenvalue weighted by Gasteiger charge is -2.11. The minimum atomic E-state index is -0.425. The number of imidazole rings is 1. The van der Waals surface area contributed by atoms with Crippen LogP contribution in [0.3, 0.4) is 0 Å². The molecular weight excluding hydrogens is 443 g/mol. The van der Waals surface area contributed by atoms with Crippen molar-refractivity contribution in [3.63, 3.8) is 0 Å². The van der Waals surface area contributed by atoms with E-state index in [1.807, 2.05) is 36.4 Å². The monoisotopic (exact) mass is 464 g/mol. The highest BCUT2D eigenvalue weighted by molar-refractivity contribution is 5.97. The van der Waals surface area contributed by atoms with Gasteiger partial charge in [0.1, 0.15) is 11.2 Å². The second kappa shape index (κ2) is 8.28. The fraction of sp³-hybridized carbons (Fsp3) is 0.115. The molecule has 6 rings (SSSR count). The molecule has 0 aliphatic heterocycles. The van der Waals surface area contributed by atoms with E-state index in [4.69, 9.17) is 0 Å². The molecule has 0 saturated carbocycles. The van der Waals surface area contributed by atoms with E-state index in [0.29, 0.717) is 28.1 Å². The van der Waals surface area contributed by atoms with Crippen molar-refractivity contribution in [1.29, 1.82) is 0 Å². The van der Waals surface area contributed by atoms with Crippen molar-refractivity contribution in [2.45, 2.75) is 19.9 Å². The van der Waals surface area contributed by atoms with E-state index in [0.717, 1.165) is 28.0 Å². The Kier molecular flexibility index (Phi) is 4.95. The summed E-state index contributed by atoms with van der Waals surface area (Å²) < 4.78 is 15.1. The summed E-state index contributed by atoms with van der Waals surface area (Å²) in [6, 6.07) is 13.2. The highest BCUT2D eigenvalue weighted by Gasteiger charge is 2.18. The molecule has 9 heteroatoms. The summed E-state index contributed by atoms with van der Waals surface area (Å²) in [5.41, 5.74) is 6.16. The van der Waals surface area contributed by atoms with Gasteiger partial charge in [-0.15, -0.1) is 0 Å². The van der Waals surface area contributed by atoms with Crippen LogP contribution in [0.1, 0.15) is 13.8 Å². The predicted molar refractivity (Wildman–Crippen MR) is 134 cm³/mol. The third kappa shape index (κ3) is 3.76. The summed E-state index contributed by atoms with van der Waals surface area (Å²) in [5.74, 6) is 0.0916. The molecule has 0 saturated heterocycles. The molecule has 172 valence electrons. The van der Waals surface area contributed by atoms with Crippen molar-refractivity contribution in [3.05, 3.63) is 73.1 Å². The van der Waals surface area contributed by atoms with Crippen molar-refractivity contribution in [2.75, 3.05) is 5.32 Å². The van der Waals surface area contributed by atoms with E-state index in [1.165, 1.54) is 6.07 Å². The zero-order valence-corrected chi connectivity index (χ0v) is 19.0. The Hall–Kier alpha value is -4.66. The first-order chi connectivity index (χ1) is 17.1. The van der Waals surface area contributed by atoms with Gasteiger partial charge in [0.15, 0.2) is 17.3 Å². The fourth-order valence-corrected chi connectivity index (χ4v) is 4.20. The molecule has 6 aromatic rings. The molecule has 35 heavy (non-hydrogen) atoms. The quantitative estimate of drug-likeness (QED) is 0.307. The summed E-state index contributed by atoms with van der Waals surface area (Å²) in [7, 11) is 0. The zero-order valence-electron chi connectivity index (χ0n) is 19.0. The smallest absolute Gasteiger partial charge is 0.178 e. The maximum absolute atomic E-state index is 15.1. The van der Waals surface area contributed by atoms with Gasteiger partial charge in [0, 0.05) is 47.3 Å². The number of nitrogens with one attached hydrogen (secondary N) is 3. The average molecular weight is 465 g/mol. The summed E-state index contributed by atoms with van der Waals surface area (Å²) in [6.07, 6.45) is 6.91. The molecule has 0 atom stereocenters. The van der Waals surface area contributed by atoms with E-state index < -0.39 is 5.82 Å². The third-order valence-corrected chi connectivity index (χ3v) is 5.71. The molecule has 5 heterocycles. The van der Waals surface area contributed by atoms with Gasteiger partial charge < -0.3 is 10.3 Å². The molecule has 1 aromatic carbocycles. The maximum Gasteiger partial charge on any atom is 0.178 e. The molecule has 0 fully saturated rings. The normalized spacial score (nSPS) is 11.5. The Balaban J connectivity index is 1.48. The van der Waals surface area contributed by atoms with Gasteiger partial charge in [-0.25, -0.2) is 14.4 Å². The molecule has 0 unspecified atom stereocenters. The zero-order chi connectivity index (χ0) is 23.9. The molecule has 0 amide bonds. The Morgan fingerprint density at radius 1 is 0.971 bits per heavy atom. The number of anilines is 1. The summed E-state index contributed by atoms with van der Waals surface area (Å²) >= 11 is 0. The van der Waals surface area contributed by atoms with Crippen LogP contribution in [0, 0.1) is 5.82 Å². The lowest BCUT2D eigenvalue weighted by atomic mass is 10.0. The number of fused-ring (bicyclic) bond motifs is 2. The second-order valence-corrected chi connectivity index (χ2v) is 8.57. The number of pyridine rings is 3. The first-order valence-electron chi connectivity index (χ1n) is 11.2. The fourth-order valence-electron chi connectivity index (χ4n) is 4.20. The minimum Gasteiger partial charge on any atom is -0.382 e. The van der Waals surface area contributed by atoms with Gasteiger partial charge >= 0.3 is 0 Å². The average Bonchev–Trinajstić information content (AvgIpc) is 3.48. The highest BCUT2D eigenvalue weighted by atomic mass is 19.1. The van der Waals surface area contributed by atoms with Crippen LogP contribution in [0.2, 0.25) is 0 Å². The SMILES string of the molecule is CC(C)Nc1cncc(-c2cc(F)c3n[nH]c(-c4nc5nccc(-c6ccccn6)c5[nH]4)c3c2)c1. The van der Waals surface area contributed by atoms with Crippen molar-refractivity contribution in [2.24, 2.45) is 0 Å². The van der Waals surface area contributed by atoms with E-state index in [-0.39, 0.29) is 11.6 Å². The number of H-pyrrole nitrogens is 2. The van der Waals surface area contributed by atoms with Gasteiger partial charge in [0.25, 0.3) is 0 Å². The van der Waals surface area contributed by atoms with Crippen molar-refractivity contribution in [1.82, 2.24) is 35.1 Å². The second-order valence-electron chi connectivity index (χ2n) is 8.57. The first kappa shape index (κ1) is 20.9. The molecule has 0 radical (unpaired) electrons. The summed E-state index contributed by atoms with van der Waals surface area (Å²) in [6.45, 7) is 4.11. The van der Waals surface area contributed by atoms with Crippen LogP contribution in [0.15, 0.2) is 67.3 Å². The highest BCUT2D eigenvalue weighted by Crippen LogP contribution is 2.33. The van der Waals surface area contributed by atoms with E-state index in [2.05, 4.69) is 54.3 Å². The van der Waals surface area contributed by atoms with Crippen molar-refractivity contribution in [3.8, 4) is 33.9 Å². The van der Waals surface area contributed by atoms with E-state index in [1.54, 1.807) is 24.8 Å². The number of nitrogens with zero attached hydrogens (tertiary/aromatic N) is 5. The maximum atomic E-state index is 15.1. The summed E-state index contributed by atoms with van der Waals surface area (Å²) in [5, 5.41) is 11.1. The first-order valence-corrected chi connectivity index (χ1v) is 11.2. The molecule has 0 bridgehead atoms. The number of rotatable bonds is 5. The number of benzene rings is 1. The van der Waals surface area contributed by atoms with Crippen LogP contribution in [0.5, 0.6) is 0 Å². The topological polar surface area (TPSA) is 108 Å². The van der Waals surface area contributed by atoms with Gasteiger partial charge in [0.2, 0.25) is 0 Å². The number of aromatic amines is 2. The molecule has 0 spiro atoms. The van der Waals surface area contributed by atoms with Crippen molar-refractivity contribution < 1.29 is 4.39 Å². The molecule has 3 N–H and O–H groups in total. The number of halogens is 1. The van der Waals surface area contributed by atoms with Gasteiger partial charge in [-0.2, -0.15) is 5.10 Å². The van der Waals surface area contributed by atoms with Crippen LogP contribution < -0.4 is 5.32 Å². The molecule has 8 nitrogen and oxygen atoms in total. The van der Waals surface area contributed by atoms with Crippen LogP contribution >= 0.6 is 0 Å². The van der Waals surface area contributed by atoms with E-state index in [9.17, 15) is 0 Å². The van der Waals surface area contributed by atoms with Crippen LogP contribution in [0.25, 0.3) is 56.0 Å². The molecular formula is C26H21FN8. The lowest BCUT2D eigenvalue weighted by molar-refractivity contribution is 0.636. The Bertz CT molecular complexity index is 1670. The molecule has 0 aliphatic rings. The number of hydrogen-bond acceptors (Lipinski definition) is 6. The molecule has 0 aliphatic carbocycles. The van der Waals surface area contributed by atoms with Gasteiger partial charge in [-0.05, 0) is 55.8 Å². The molecule has 5 aromatic heterocycles. The Morgan fingerprint density at radius 2 is 1.89 bits per heavy atom. The lowest BCUT2D eigenvalue weighted by Crippen LogP contribution is -2.09. The van der Waals surface area contributed by atoms with Crippen LogP contribution in [-0.2, 0) is 0 Å². The number of hydrogen-bond donors (Lipinski definition) is 3. The standard InChI is InChI=1S/C26H21FN8/c1-14(2)31-17-9-16(12-28-13-17)15-10-19-22(20(27)11-15)34-35-24(19)26-32-23-18(6-8-30-25(23)33-26)21-5-3-4-7-29-21/h3-14,31H,1-2H3,(H,34,35)(H,30,32,33). The van der Waals surface area contributed by atoms with E-state index >= 15 is 4.39 Å². The van der Waals surface area contributed by atoms with Crippen molar-refractivity contribution >= 4 is 27.8 Å². The minimum absolute atomic E-state index is 0.242. The third-order valence-electron chi connectivity index (χ3n) is 5.71. The number of aromatic nitrogens is 7. The van der Waals surface area contributed by atoms with Gasteiger partial charge in [-0.3, -0.25) is 15.1 Å². The Morgan fingerprint density at radius 3 is 2.71 bits per heavy atom. The predicted octanol–water partition coefficient (Wildman–Crippen LogP) is 5.58. The largest absolute Gasteiger partial charge is 0.382 e. The Labute approximate surface area is 199 Å². The van der Waals surface area contributed by atoms with Gasteiger partial charge in [-0.1, -0.05) is 6.07 Å². The summed E-state index contributed by atoms with van der Waals surface area (Å²) in [4.78, 5) is 21.2. The van der Waals surface area contributed by atoms with Crippen LogP contribution in [0.4, 0.5) is 10.1 Å². The van der Waals surface area contributed by atoms with Crippen LogP contribution in [-0.4, -0.2) is 41.2 Å². The van der Waals surface area contributed by atoms with Gasteiger partial charge in [0.05, 0.1) is 16.9 Å².